The van der Waals surface area contributed by atoms with Gasteiger partial charge in [0.15, 0.2) is 5.13 Å². The Morgan fingerprint density at radius 2 is 1.86 bits per heavy atom. The Bertz CT molecular complexity index is 481. The van der Waals surface area contributed by atoms with Crippen LogP contribution < -0.4 is 5.32 Å². The highest BCUT2D eigenvalue weighted by atomic mass is 35.5. The first kappa shape index (κ1) is 16.4. The van der Waals surface area contributed by atoms with Crippen LogP contribution in [0.3, 0.4) is 0 Å². The predicted octanol–water partition coefficient (Wildman–Crippen LogP) is 4.86. The number of thiazole rings is 1. The lowest BCUT2D eigenvalue weighted by Gasteiger charge is -2.41. The molecule has 0 unspecified atom stereocenters. The number of hydrogen-bond donors (Lipinski definition) is 1. The van der Waals surface area contributed by atoms with Crippen LogP contribution >= 0.6 is 34.7 Å². The molecule has 4 nitrogen and oxygen atoms in total. The zero-order chi connectivity index (χ0) is 15.4. The fourth-order valence-corrected chi connectivity index (χ4v) is 5.30. The van der Waals surface area contributed by atoms with Gasteiger partial charge in [0.2, 0.25) is 0 Å². The molecule has 7 heteroatoms. The van der Waals surface area contributed by atoms with E-state index >= 15 is 0 Å². The molecule has 2 aliphatic rings. The molecular formula is C15H22ClN3OS2. The van der Waals surface area contributed by atoms with Crippen LogP contribution in [0.25, 0.3) is 0 Å². The molecule has 2 heterocycles. The Morgan fingerprint density at radius 3 is 2.50 bits per heavy atom. The highest BCUT2D eigenvalue weighted by Crippen LogP contribution is 2.31. The predicted molar refractivity (Wildman–Crippen MR) is 95.2 cm³/mol. The summed E-state index contributed by atoms with van der Waals surface area (Å²) in [6.07, 6.45) is 9.84. The van der Waals surface area contributed by atoms with Gasteiger partial charge in [0, 0.05) is 12.1 Å². The summed E-state index contributed by atoms with van der Waals surface area (Å²) in [6.45, 7) is 0. The third-order valence-corrected chi connectivity index (χ3v) is 6.56. The van der Waals surface area contributed by atoms with Crippen molar-refractivity contribution in [2.75, 3.05) is 16.8 Å². The highest BCUT2D eigenvalue weighted by molar-refractivity contribution is 7.99. The average molecular weight is 360 g/mol. The van der Waals surface area contributed by atoms with Gasteiger partial charge in [-0.2, -0.15) is 11.8 Å². The van der Waals surface area contributed by atoms with Crippen LogP contribution in [0.4, 0.5) is 9.93 Å². The summed E-state index contributed by atoms with van der Waals surface area (Å²) in [5, 5.41) is 3.56. The maximum atomic E-state index is 12.9. The minimum Gasteiger partial charge on any atom is -0.318 e. The molecule has 22 heavy (non-hydrogen) atoms. The quantitative estimate of drug-likeness (QED) is 0.838. The molecule has 0 aromatic carbocycles. The maximum Gasteiger partial charge on any atom is 0.324 e. The lowest BCUT2D eigenvalue weighted by Crippen LogP contribution is -2.51. The number of halogens is 1. The van der Waals surface area contributed by atoms with E-state index in [1.54, 1.807) is 6.20 Å². The van der Waals surface area contributed by atoms with Crippen molar-refractivity contribution in [3.63, 3.8) is 0 Å². The van der Waals surface area contributed by atoms with Crippen molar-refractivity contribution in [3.05, 3.63) is 10.5 Å². The Morgan fingerprint density at radius 1 is 1.18 bits per heavy atom. The minimum absolute atomic E-state index is 0.00909. The highest BCUT2D eigenvalue weighted by Gasteiger charge is 2.32. The Balaban J connectivity index is 1.72. The molecule has 1 aliphatic heterocycles. The summed E-state index contributed by atoms with van der Waals surface area (Å²) in [7, 11) is 0. The van der Waals surface area contributed by atoms with Crippen LogP contribution in [0.15, 0.2) is 6.20 Å². The number of urea groups is 1. The molecule has 1 N–H and O–H groups in total. The van der Waals surface area contributed by atoms with Crippen LogP contribution in [0, 0.1) is 0 Å². The van der Waals surface area contributed by atoms with Gasteiger partial charge < -0.3 is 4.90 Å². The Hall–Kier alpha value is -0.460. The van der Waals surface area contributed by atoms with Gasteiger partial charge >= 0.3 is 6.03 Å². The SMILES string of the molecule is O=C(Nc1ncc(Cl)s1)N(C1CCCCC1)C1CCSCC1. The number of carbonyl (C=O) groups is 1. The third-order valence-electron chi connectivity index (χ3n) is 4.48. The van der Waals surface area contributed by atoms with E-state index < -0.39 is 0 Å². The summed E-state index contributed by atoms with van der Waals surface area (Å²) in [6, 6.07) is 0.770. The second kappa shape index (κ2) is 7.88. The van der Waals surface area contributed by atoms with Gasteiger partial charge in [-0.15, -0.1) is 0 Å². The van der Waals surface area contributed by atoms with E-state index in [0.717, 1.165) is 37.2 Å². The molecule has 0 radical (unpaired) electrons. The third kappa shape index (κ3) is 4.09. The lowest BCUT2D eigenvalue weighted by molar-refractivity contribution is 0.128. The van der Waals surface area contributed by atoms with Crippen LogP contribution in [0.5, 0.6) is 0 Å². The van der Waals surface area contributed by atoms with E-state index in [2.05, 4.69) is 15.2 Å². The number of rotatable bonds is 3. The standard InChI is InChI=1S/C15H22ClN3OS2/c16-13-10-17-14(22-13)18-15(20)19(11-4-2-1-3-5-11)12-6-8-21-9-7-12/h10-12H,1-9H2,(H,17,18,20). The normalized spacial score (nSPS) is 20.8. The van der Waals surface area contributed by atoms with Crippen molar-refractivity contribution in [1.29, 1.82) is 0 Å². The molecule has 1 aliphatic carbocycles. The average Bonchev–Trinajstić information content (AvgIpc) is 2.95. The topological polar surface area (TPSA) is 45.2 Å². The number of hydrogen-bond acceptors (Lipinski definition) is 4. The smallest absolute Gasteiger partial charge is 0.318 e. The zero-order valence-electron chi connectivity index (χ0n) is 12.6. The molecule has 0 bridgehead atoms. The first-order valence-electron chi connectivity index (χ1n) is 8.02. The first-order chi connectivity index (χ1) is 10.7. The fourth-order valence-electron chi connectivity index (χ4n) is 3.42. The van der Waals surface area contributed by atoms with Crippen molar-refractivity contribution >= 4 is 45.9 Å². The number of aromatic nitrogens is 1. The van der Waals surface area contributed by atoms with Crippen LogP contribution in [-0.4, -0.2) is 39.5 Å². The van der Waals surface area contributed by atoms with E-state index in [1.165, 1.54) is 30.6 Å². The van der Waals surface area contributed by atoms with Gasteiger partial charge in [0.1, 0.15) is 4.34 Å². The van der Waals surface area contributed by atoms with Crippen molar-refractivity contribution in [2.24, 2.45) is 0 Å². The zero-order valence-corrected chi connectivity index (χ0v) is 15.0. The van der Waals surface area contributed by atoms with E-state index in [4.69, 9.17) is 11.6 Å². The monoisotopic (exact) mass is 359 g/mol. The van der Waals surface area contributed by atoms with E-state index in [1.807, 2.05) is 11.8 Å². The van der Waals surface area contributed by atoms with E-state index in [0.29, 0.717) is 21.6 Å². The molecule has 0 spiro atoms. The molecule has 1 aromatic rings. The molecule has 1 saturated heterocycles. The lowest BCUT2D eigenvalue weighted by atomic mass is 9.92. The van der Waals surface area contributed by atoms with Crippen molar-refractivity contribution < 1.29 is 4.79 Å². The molecule has 2 amide bonds. The molecule has 1 saturated carbocycles. The molecular weight excluding hydrogens is 338 g/mol. The van der Waals surface area contributed by atoms with Gasteiger partial charge in [0.05, 0.1) is 6.20 Å². The number of amides is 2. The summed E-state index contributed by atoms with van der Waals surface area (Å²) in [5.41, 5.74) is 0. The van der Waals surface area contributed by atoms with Crippen molar-refractivity contribution in [2.45, 2.75) is 57.0 Å². The van der Waals surface area contributed by atoms with E-state index in [9.17, 15) is 4.79 Å². The molecule has 2 fully saturated rings. The molecule has 122 valence electrons. The second-order valence-electron chi connectivity index (χ2n) is 5.94. The summed E-state index contributed by atoms with van der Waals surface area (Å²) >= 11 is 9.22. The number of anilines is 1. The van der Waals surface area contributed by atoms with Crippen LogP contribution in [-0.2, 0) is 0 Å². The molecule has 0 atom stereocenters. The number of thioether (sulfide) groups is 1. The Kier molecular flexibility index (Phi) is 5.88. The van der Waals surface area contributed by atoms with Crippen molar-refractivity contribution in [3.8, 4) is 0 Å². The van der Waals surface area contributed by atoms with Crippen molar-refractivity contribution in [1.82, 2.24) is 9.88 Å². The van der Waals surface area contributed by atoms with E-state index in [-0.39, 0.29) is 6.03 Å². The van der Waals surface area contributed by atoms with Crippen LogP contribution in [0.2, 0.25) is 4.34 Å². The Labute approximate surface area is 145 Å². The van der Waals surface area contributed by atoms with Gasteiger partial charge in [0.25, 0.3) is 0 Å². The number of nitrogens with one attached hydrogen (secondary N) is 1. The first-order valence-corrected chi connectivity index (χ1v) is 10.4. The second-order valence-corrected chi connectivity index (χ2v) is 8.83. The number of carbonyl (C=O) groups excluding carboxylic acids is 1. The molecule has 3 rings (SSSR count). The van der Waals surface area contributed by atoms with Gasteiger partial charge in [-0.05, 0) is 37.2 Å². The largest absolute Gasteiger partial charge is 0.324 e. The summed E-state index contributed by atoms with van der Waals surface area (Å²) < 4.78 is 0.605. The maximum absolute atomic E-state index is 12.9. The van der Waals surface area contributed by atoms with Crippen LogP contribution in [0.1, 0.15) is 44.9 Å². The van der Waals surface area contributed by atoms with Gasteiger partial charge in [-0.25, -0.2) is 9.78 Å². The number of nitrogens with zero attached hydrogens (tertiary/aromatic N) is 2. The minimum atomic E-state index is 0.00909. The fraction of sp³-hybridized carbons (Fsp3) is 0.733. The van der Waals surface area contributed by atoms with Gasteiger partial charge in [-0.1, -0.05) is 42.2 Å². The summed E-state index contributed by atoms with van der Waals surface area (Å²) in [4.78, 5) is 19.1. The van der Waals surface area contributed by atoms with Gasteiger partial charge in [-0.3, -0.25) is 5.32 Å². The molecule has 1 aromatic heterocycles. The summed E-state index contributed by atoms with van der Waals surface area (Å²) in [5.74, 6) is 2.31.